The number of methoxy groups -OCH3 is 1. The van der Waals surface area contributed by atoms with Crippen LogP contribution in [0.5, 0.6) is 11.5 Å². The second-order valence-corrected chi connectivity index (χ2v) is 4.30. The van der Waals surface area contributed by atoms with Crippen molar-refractivity contribution in [3.05, 3.63) is 17.7 Å². The van der Waals surface area contributed by atoms with E-state index < -0.39 is 0 Å². The maximum absolute atomic E-state index is 11.4. The number of likely N-dealkylation sites (N-methyl/N-ethyl adjacent to an activating group) is 1. The molecule has 2 N–H and O–H groups in total. The van der Waals surface area contributed by atoms with Crippen molar-refractivity contribution < 1.29 is 14.3 Å². The lowest BCUT2D eigenvalue weighted by molar-refractivity contribution is 0.101. The summed E-state index contributed by atoms with van der Waals surface area (Å²) in [6.07, 6.45) is 0. The first-order valence-electron chi connectivity index (χ1n) is 5.71. The van der Waals surface area contributed by atoms with E-state index >= 15 is 0 Å². The molecule has 0 radical (unpaired) electrons. The van der Waals surface area contributed by atoms with Gasteiger partial charge < -0.3 is 20.1 Å². The predicted molar refractivity (Wildman–Crippen MR) is 71.5 cm³/mol. The van der Waals surface area contributed by atoms with Gasteiger partial charge in [0.25, 0.3) is 0 Å². The van der Waals surface area contributed by atoms with Crippen molar-refractivity contribution in [3.8, 4) is 11.5 Å². The molecule has 5 heteroatoms. The number of benzene rings is 1. The van der Waals surface area contributed by atoms with Gasteiger partial charge in [0.2, 0.25) is 0 Å². The molecule has 0 spiro atoms. The Balaban J connectivity index is 2.91. The molecule has 0 aromatic heterocycles. The van der Waals surface area contributed by atoms with Crippen LogP contribution in [0.4, 0.5) is 5.69 Å². The summed E-state index contributed by atoms with van der Waals surface area (Å²) in [5.41, 5.74) is 6.67. The molecule has 0 aliphatic rings. The Bertz CT molecular complexity index is 430. The summed E-state index contributed by atoms with van der Waals surface area (Å²) in [4.78, 5) is 13.4. The van der Waals surface area contributed by atoms with E-state index in [9.17, 15) is 4.79 Å². The second-order valence-electron chi connectivity index (χ2n) is 4.30. The third-order valence-electron chi connectivity index (χ3n) is 2.51. The molecule has 0 amide bonds. The smallest absolute Gasteiger partial charge is 0.163 e. The molecule has 1 aromatic rings. The van der Waals surface area contributed by atoms with Crippen LogP contribution >= 0.6 is 0 Å². The van der Waals surface area contributed by atoms with Crippen molar-refractivity contribution in [1.82, 2.24) is 4.90 Å². The minimum Gasteiger partial charge on any atom is -0.493 e. The van der Waals surface area contributed by atoms with E-state index in [1.54, 1.807) is 12.1 Å². The summed E-state index contributed by atoms with van der Waals surface area (Å²) in [5, 5.41) is 0. The first-order chi connectivity index (χ1) is 8.45. The summed E-state index contributed by atoms with van der Waals surface area (Å²) in [6, 6.07) is 3.24. The van der Waals surface area contributed by atoms with Gasteiger partial charge in [-0.15, -0.1) is 0 Å². The lowest BCUT2D eigenvalue weighted by atomic mass is 10.1. The van der Waals surface area contributed by atoms with Crippen LogP contribution in [0.1, 0.15) is 17.3 Å². The Kier molecular flexibility index (Phi) is 4.97. The number of nitrogens with two attached hydrogens (primary N) is 1. The summed E-state index contributed by atoms with van der Waals surface area (Å²) in [6.45, 7) is 2.79. The maximum atomic E-state index is 11.4. The van der Waals surface area contributed by atoms with Crippen LogP contribution in [0, 0.1) is 0 Å². The van der Waals surface area contributed by atoms with E-state index in [2.05, 4.69) is 0 Å². The molecular formula is C13H20N2O3. The zero-order valence-electron chi connectivity index (χ0n) is 11.3. The number of nitrogens with zero attached hydrogens (tertiary/aromatic N) is 1. The van der Waals surface area contributed by atoms with Crippen molar-refractivity contribution in [1.29, 1.82) is 0 Å². The van der Waals surface area contributed by atoms with Gasteiger partial charge in [-0.05, 0) is 27.1 Å². The number of carbonyl (C=O) groups excluding carboxylic acids is 1. The Hall–Kier alpha value is -1.75. The molecule has 0 aliphatic heterocycles. The number of anilines is 1. The van der Waals surface area contributed by atoms with Crippen LogP contribution in [-0.2, 0) is 0 Å². The number of hydrogen-bond donors (Lipinski definition) is 1. The van der Waals surface area contributed by atoms with Crippen molar-refractivity contribution in [2.45, 2.75) is 6.92 Å². The van der Waals surface area contributed by atoms with Gasteiger partial charge in [-0.25, -0.2) is 0 Å². The number of Topliss-reactive ketones (excluding diaryl/α,β-unsaturated/α-hetero) is 1. The van der Waals surface area contributed by atoms with Crippen molar-refractivity contribution >= 4 is 11.5 Å². The third kappa shape index (κ3) is 3.63. The number of carbonyl (C=O) groups is 1. The molecule has 0 unspecified atom stereocenters. The first kappa shape index (κ1) is 14.3. The van der Waals surface area contributed by atoms with Crippen LogP contribution in [0.25, 0.3) is 0 Å². The predicted octanol–water partition coefficient (Wildman–Crippen LogP) is 1.42. The highest BCUT2D eigenvalue weighted by Gasteiger charge is 2.12. The van der Waals surface area contributed by atoms with E-state index in [4.69, 9.17) is 15.2 Å². The fourth-order valence-corrected chi connectivity index (χ4v) is 1.49. The molecule has 5 nitrogen and oxygen atoms in total. The van der Waals surface area contributed by atoms with Crippen LogP contribution < -0.4 is 15.2 Å². The van der Waals surface area contributed by atoms with Gasteiger partial charge in [0.1, 0.15) is 6.61 Å². The SMILES string of the molecule is COc1cc(C(C)=O)c(N)cc1OCCN(C)C. The monoisotopic (exact) mass is 252 g/mol. The Morgan fingerprint density at radius 1 is 1.33 bits per heavy atom. The highest BCUT2D eigenvalue weighted by molar-refractivity contribution is 5.99. The zero-order valence-corrected chi connectivity index (χ0v) is 11.3. The molecule has 0 heterocycles. The van der Waals surface area contributed by atoms with Gasteiger partial charge in [-0.1, -0.05) is 0 Å². The van der Waals surface area contributed by atoms with Gasteiger partial charge in [-0.3, -0.25) is 4.79 Å². The lowest BCUT2D eigenvalue weighted by Crippen LogP contribution is -2.19. The largest absolute Gasteiger partial charge is 0.493 e. The number of ether oxygens (including phenoxy) is 2. The molecule has 0 aliphatic carbocycles. The number of ketones is 1. The average molecular weight is 252 g/mol. The van der Waals surface area contributed by atoms with E-state index in [-0.39, 0.29) is 5.78 Å². The molecule has 18 heavy (non-hydrogen) atoms. The Labute approximate surface area is 107 Å². The molecule has 0 bridgehead atoms. The lowest BCUT2D eigenvalue weighted by Gasteiger charge is -2.15. The van der Waals surface area contributed by atoms with E-state index in [1.807, 2.05) is 19.0 Å². The molecule has 0 atom stereocenters. The first-order valence-corrected chi connectivity index (χ1v) is 5.71. The standard InChI is InChI=1S/C13H20N2O3/c1-9(16)10-7-12(17-4)13(8-11(10)14)18-6-5-15(2)3/h7-8H,5-6,14H2,1-4H3. The highest BCUT2D eigenvalue weighted by atomic mass is 16.5. The molecule has 1 rings (SSSR count). The quantitative estimate of drug-likeness (QED) is 0.612. The van der Waals surface area contributed by atoms with E-state index in [0.717, 1.165) is 6.54 Å². The number of rotatable bonds is 6. The van der Waals surface area contributed by atoms with E-state index in [0.29, 0.717) is 29.4 Å². The second kappa shape index (κ2) is 6.26. The normalized spacial score (nSPS) is 10.5. The van der Waals surface area contributed by atoms with Crippen LogP contribution in [0.15, 0.2) is 12.1 Å². The fraction of sp³-hybridized carbons (Fsp3) is 0.462. The molecule has 0 saturated heterocycles. The van der Waals surface area contributed by atoms with Crippen molar-refractivity contribution in [2.75, 3.05) is 40.1 Å². The fourth-order valence-electron chi connectivity index (χ4n) is 1.49. The maximum Gasteiger partial charge on any atom is 0.163 e. The third-order valence-corrected chi connectivity index (χ3v) is 2.51. The summed E-state index contributed by atoms with van der Waals surface area (Å²) >= 11 is 0. The Morgan fingerprint density at radius 2 is 2.00 bits per heavy atom. The van der Waals surface area contributed by atoms with Crippen molar-refractivity contribution in [2.24, 2.45) is 0 Å². The average Bonchev–Trinajstić information content (AvgIpc) is 2.28. The van der Waals surface area contributed by atoms with Gasteiger partial charge in [0.15, 0.2) is 17.3 Å². The van der Waals surface area contributed by atoms with Crippen LogP contribution in [0.2, 0.25) is 0 Å². The Morgan fingerprint density at radius 3 is 2.50 bits per heavy atom. The topological polar surface area (TPSA) is 64.8 Å². The number of nitrogen functional groups attached to an aromatic ring is 1. The minimum atomic E-state index is -0.0920. The highest BCUT2D eigenvalue weighted by Crippen LogP contribution is 2.32. The summed E-state index contributed by atoms with van der Waals surface area (Å²) in [5.74, 6) is 0.987. The van der Waals surface area contributed by atoms with Crippen LogP contribution in [-0.4, -0.2) is 45.0 Å². The molecule has 1 aromatic carbocycles. The minimum absolute atomic E-state index is 0.0920. The molecular weight excluding hydrogens is 232 g/mol. The molecule has 0 saturated carbocycles. The van der Waals surface area contributed by atoms with Gasteiger partial charge in [0.05, 0.1) is 7.11 Å². The molecule has 100 valence electrons. The van der Waals surface area contributed by atoms with Crippen LogP contribution in [0.3, 0.4) is 0 Å². The molecule has 0 fully saturated rings. The van der Waals surface area contributed by atoms with Gasteiger partial charge in [-0.2, -0.15) is 0 Å². The van der Waals surface area contributed by atoms with Crippen molar-refractivity contribution in [3.63, 3.8) is 0 Å². The summed E-state index contributed by atoms with van der Waals surface area (Å²) in [7, 11) is 5.47. The summed E-state index contributed by atoms with van der Waals surface area (Å²) < 4.78 is 10.8. The van der Waals surface area contributed by atoms with E-state index in [1.165, 1.54) is 14.0 Å². The van der Waals surface area contributed by atoms with Gasteiger partial charge in [0, 0.05) is 23.9 Å². The number of hydrogen-bond acceptors (Lipinski definition) is 5. The van der Waals surface area contributed by atoms with Gasteiger partial charge >= 0.3 is 0 Å². The zero-order chi connectivity index (χ0) is 13.7.